The van der Waals surface area contributed by atoms with Crippen molar-refractivity contribution in [2.75, 3.05) is 27.3 Å². The molecule has 160 valence electrons. The minimum absolute atomic E-state index is 0. The molecule has 0 unspecified atom stereocenters. The fraction of sp³-hybridized carbons (Fsp3) is 0.632. The zero-order chi connectivity index (χ0) is 19.7. The van der Waals surface area contributed by atoms with Gasteiger partial charge in [-0.3, -0.25) is 4.99 Å². The van der Waals surface area contributed by atoms with Gasteiger partial charge < -0.3 is 15.4 Å². The average molecular weight is 524 g/mol. The van der Waals surface area contributed by atoms with E-state index >= 15 is 0 Å². The van der Waals surface area contributed by atoms with Crippen molar-refractivity contribution in [3.8, 4) is 0 Å². The van der Waals surface area contributed by atoms with Gasteiger partial charge in [-0.05, 0) is 49.3 Å². The first kappa shape index (κ1) is 25.1. The molecule has 0 aromatic heterocycles. The highest BCUT2D eigenvalue weighted by Crippen LogP contribution is 2.23. The van der Waals surface area contributed by atoms with Crippen LogP contribution in [-0.4, -0.2) is 47.7 Å². The average Bonchev–Trinajstić information content (AvgIpc) is 2.67. The Morgan fingerprint density at radius 2 is 1.96 bits per heavy atom. The topological polar surface area (TPSA) is 91.8 Å². The van der Waals surface area contributed by atoms with Gasteiger partial charge in [-0.25, -0.2) is 13.1 Å². The summed E-state index contributed by atoms with van der Waals surface area (Å²) < 4.78 is 32.1. The van der Waals surface area contributed by atoms with Crippen molar-refractivity contribution in [1.82, 2.24) is 15.4 Å². The number of ether oxygens (including phenoxy) is 1. The maximum Gasteiger partial charge on any atom is 0.240 e. The molecule has 0 radical (unpaired) electrons. The number of nitrogens with zero attached hydrogens (tertiary/aromatic N) is 1. The van der Waals surface area contributed by atoms with E-state index in [9.17, 15) is 8.42 Å². The summed E-state index contributed by atoms with van der Waals surface area (Å²) in [6.07, 6.45) is 4.79. The first-order valence-electron chi connectivity index (χ1n) is 9.49. The van der Waals surface area contributed by atoms with Crippen molar-refractivity contribution in [2.24, 2.45) is 10.9 Å². The maximum atomic E-state index is 12.3. The van der Waals surface area contributed by atoms with Gasteiger partial charge in [0.25, 0.3) is 0 Å². The molecule has 1 fully saturated rings. The van der Waals surface area contributed by atoms with Crippen LogP contribution in [0.15, 0.2) is 34.2 Å². The van der Waals surface area contributed by atoms with Crippen LogP contribution in [0.2, 0.25) is 0 Å². The standard InChI is InChI=1S/C19H32N4O3S.HI/c1-15-7-9-17(10-8-15)23-19(20-2)21-14-16-5-4-6-18(13-16)27(24,25)22-11-12-26-3;/h4-6,13,15,17,22H,7-12,14H2,1-3H3,(H2,20,21,23);1H. The van der Waals surface area contributed by atoms with Crippen LogP contribution in [0.1, 0.15) is 38.2 Å². The number of benzene rings is 1. The molecule has 9 heteroatoms. The Bertz CT molecular complexity index is 720. The number of methoxy groups -OCH3 is 1. The molecule has 1 aliphatic carbocycles. The maximum absolute atomic E-state index is 12.3. The van der Waals surface area contributed by atoms with Crippen LogP contribution in [0.25, 0.3) is 0 Å². The van der Waals surface area contributed by atoms with Gasteiger partial charge in [0.2, 0.25) is 10.0 Å². The summed E-state index contributed by atoms with van der Waals surface area (Å²) in [5.41, 5.74) is 0.879. The number of halogens is 1. The van der Waals surface area contributed by atoms with E-state index < -0.39 is 10.0 Å². The van der Waals surface area contributed by atoms with Crippen molar-refractivity contribution >= 4 is 40.0 Å². The summed E-state index contributed by atoms with van der Waals surface area (Å²) in [6.45, 7) is 3.39. The Labute approximate surface area is 186 Å². The van der Waals surface area contributed by atoms with Crippen LogP contribution in [0.4, 0.5) is 0 Å². The molecule has 2 rings (SSSR count). The molecular formula is C19H33IN4O3S. The summed E-state index contributed by atoms with van der Waals surface area (Å²) in [5.74, 6) is 1.56. The number of rotatable bonds is 8. The number of guanidine groups is 1. The van der Waals surface area contributed by atoms with Crippen molar-refractivity contribution < 1.29 is 13.2 Å². The van der Waals surface area contributed by atoms with Gasteiger partial charge in [0.15, 0.2) is 5.96 Å². The Kier molecular flexibility index (Phi) is 11.3. The largest absolute Gasteiger partial charge is 0.383 e. The second-order valence-corrected chi connectivity index (χ2v) is 8.83. The molecule has 0 heterocycles. The molecule has 0 atom stereocenters. The SMILES string of the molecule is CN=C(NCc1cccc(S(=O)(=O)NCCOC)c1)NC1CCC(C)CC1.I. The molecule has 7 nitrogen and oxygen atoms in total. The highest BCUT2D eigenvalue weighted by Gasteiger charge is 2.19. The number of sulfonamides is 1. The molecule has 0 amide bonds. The van der Waals surface area contributed by atoms with Gasteiger partial charge >= 0.3 is 0 Å². The second-order valence-electron chi connectivity index (χ2n) is 7.06. The van der Waals surface area contributed by atoms with Crippen molar-refractivity contribution in [1.29, 1.82) is 0 Å². The van der Waals surface area contributed by atoms with Gasteiger partial charge in [0.05, 0.1) is 11.5 Å². The van der Waals surface area contributed by atoms with Crippen LogP contribution in [-0.2, 0) is 21.3 Å². The van der Waals surface area contributed by atoms with Crippen LogP contribution < -0.4 is 15.4 Å². The number of hydrogen-bond acceptors (Lipinski definition) is 4. The first-order chi connectivity index (χ1) is 12.9. The minimum atomic E-state index is -3.53. The third kappa shape index (κ3) is 8.22. The smallest absolute Gasteiger partial charge is 0.240 e. The molecule has 1 aromatic rings. The highest BCUT2D eigenvalue weighted by atomic mass is 127. The predicted octanol–water partition coefficient (Wildman–Crippen LogP) is 2.47. The highest BCUT2D eigenvalue weighted by molar-refractivity contribution is 14.0. The summed E-state index contributed by atoms with van der Waals surface area (Å²) in [5, 5.41) is 6.75. The molecule has 28 heavy (non-hydrogen) atoms. The number of hydrogen-bond donors (Lipinski definition) is 3. The quantitative estimate of drug-likeness (QED) is 0.210. The third-order valence-electron chi connectivity index (χ3n) is 4.85. The van der Waals surface area contributed by atoms with E-state index in [0.29, 0.717) is 19.2 Å². The predicted molar refractivity (Wildman–Crippen MR) is 124 cm³/mol. The molecule has 0 bridgehead atoms. The normalized spacial score (nSPS) is 20.3. The molecule has 3 N–H and O–H groups in total. The van der Waals surface area contributed by atoms with E-state index in [-0.39, 0.29) is 35.4 Å². The lowest BCUT2D eigenvalue weighted by molar-refractivity contribution is 0.204. The monoisotopic (exact) mass is 524 g/mol. The molecule has 1 saturated carbocycles. The van der Waals surface area contributed by atoms with Crippen molar-refractivity contribution in [3.63, 3.8) is 0 Å². The van der Waals surface area contributed by atoms with Crippen LogP contribution in [0.5, 0.6) is 0 Å². The van der Waals surface area contributed by atoms with E-state index in [2.05, 4.69) is 27.3 Å². The first-order valence-corrected chi connectivity index (χ1v) is 11.0. The Morgan fingerprint density at radius 1 is 1.25 bits per heavy atom. The summed E-state index contributed by atoms with van der Waals surface area (Å²) in [4.78, 5) is 4.54. The van der Waals surface area contributed by atoms with Crippen LogP contribution >= 0.6 is 24.0 Å². The molecule has 1 aliphatic rings. The molecule has 0 saturated heterocycles. The third-order valence-corrected chi connectivity index (χ3v) is 6.31. The van der Waals surface area contributed by atoms with E-state index in [0.717, 1.165) is 30.3 Å². The fourth-order valence-electron chi connectivity index (χ4n) is 3.16. The van der Waals surface area contributed by atoms with E-state index in [4.69, 9.17) is 4.74 Å². The minimum Gasteiger partial charge on any atom is -0.383 e. The van der Waals surface area contributed by atoms with E-state index in [1.54, 1.807) is 25.2 Å². The molecule has 0 spiro atoms. The van der Waals surface area contributed by atoms with Gasteiger partial charge in [-0.1, -0.05) is 19.1 Å². The van der Waals surface area contributed by atoms with Crippen molar-refractivity contribution in [2.45, 2.75) is 50.1 Å². The Morgan fingerprint density at radius 3 is 2.61 bits per heavy atom. The summed E-state index contributed by atoms with van der Waals surface area (Å²) in [6, 6.07) is 7.37. The Hall–Kier alpha value is -0.910. The lowest BCUT2D eigenvalue weighted by atomic mass is 9.87. The van der Waals surface area contributed by atoms with E-state index in [1.165, 1.54) is 20.0 Å². The second kappa shape index (κ2) is 12.6. The van der Waals surface area contributed by atoms with Crippen LogP contribution in [0.3, 0.4) is 0 Å². The van der Waals surface area contributed by atoms with Gasteiger partial charge in [0.1, 0.15) is 0 Å². The van der Waals surface area contributed by atoms with Crippen molar-refractivity contribution in [3.05, 3.63) is 29.8 Å². The van der Waals surface area contributed by atoms with Gasteiger partial charge in [-0.15, -0.1) is 24.0 Å². The van der Waals surface area contributed by atoms with Gasteiger partial charge in [-0.2, -0.15) is 0 Å². The lowest BCUT2D eigenvalue weighted by Gasteiger charge is -2.28. The zero-order valence-electron chi connectivity index (χ0n) is 16.9. The molecule has 1 aromatic carbocycles. The summed E-state index contributed by atoms with van der Waals surface area (Å²) in [7, 11) is -0.242. The number of aliphatic imine (C=N–C) groups is 1. The van der Waals surface area contributed by atoms with Gasteiger partial charge in [0, 0.05) is 33.3 Å². The lowest BCUT2D eigenvalue weighted by Crippen LogP contribution is -2.44. The molecule has 0 aliphatic heterocycles. The Balaban J connectivity index is 0.00000392. The molecular weight excluding hydrogens is 491 g/mol. The van der Waals surface area contributed by atoms with E-state index in [1.807, 2.05) is 6.07 Å². The number of nitrogens with one attached hydrogen (secondary N) is 3. The zero-order valence-corrected chi connectivity index (χ0v) is 20.0. The summed E-state index contributed by atoms with van der Waals surface area (Å²) >= 11 is 0. The fourth-order valence-corrected chi connectivity index (χ4v) is 4.25. The van der Waals surface area contributed by atoms with Crippen LogP contribution in [0, 0.1) is 5.92 Å².